The van der Waals surface area contributed by atoms with Gasteiger partial charge in [-0.3, -0.25) is 0 Å². The first-order valence-corrected chi connectivity index (χ1v) is 7.09. The van der Waals surface area contributed by atoms with Gasteiger partial charge in [-0.1, -0.05) is 12.1 Å². The highest BCUT2D eigenvalue weighted by Gasteiger charge is 2.15. The van der Waals surface area contributed by atoms with Crippen molar-refractivity contribution < 1.29 is 14.3 Å². The molecule has 1 aromatic heterocycles. The average Bonchev–Trinajstić information content (AvgIpc) is 2.43. The van der Waals surface area contributed by atoms with Gasteiger partial charge in [0.05, 0.1) is 6.04 Å². The zero-order chi connectivity index (χ0) is 15.6. The van der Waals surface area contributed by atoms with E-state index in [0.29, 0.717) is 10.0 Å². The number of benzene rings is 1. The molecule has 2 N–H and O–H groups in total. The minimum Gasteiger partial charge on any atom is -0.478 e. The molecule has 4 nitrogen and oxygen atoms in total. The molecule has 110 valence electrons. The largest absolute Gasteiger partial charge is 0.478 e. The number of carbonyl (C=O) groups is 1. The van der Waals surface area contributed by atoms with Crippen LogP contribution in [0, 0.1) is 12.7 Å². The molecule has 1 aromatic carbocycles. The van der Waals surface area contributed by atoms with Crippen molar-refractivity contribution in [2.75, 3.05) is 5.32 Å². The first-order chi connectivity index (χ1) is 9.88. The molecule has 0 aliphatic carbocycles. The van der Waals surface area contributed by atoms with Crippen molar-refractivity contribution in [3.05, 3.63) is 57.4 Å². The van der Waals surface area contributed by atoms with Crippen LogP contribution in [0.2, 0.25) is 0 Å². The van der Waals surface area contributed by atoms with Gasteiger partial charge in [0, 0.05) is 10.7 Å². The molecule has 1 atom stereocenters. The summed E-state index contributed by atoms with van der Waals surface area (Å²) < 4.78 is 14.2. The summed E-state index contributed by atoms with van der Waals surface area (Å²) in [5, 5.41) is 12.2. The molecule has 0 spiro atoms. The SMILES string of the molecule is Cc1ccc(C(C)Nc2ncc(Br)cc2C(=O)O)cc1F. The van der Waals surface area contributed by atoms with Crippen LogP contribution in [-0.2, 0) is 0 Å². The van der Waals surface area contributed by atoms with Crippen LogP contribution in [0.3, 0.4) is 0 Å². The molecule has 0 aliphatic heterocycles. The van der Waals surface area contributed by atoms with E-state index in [1.54, 1.807) is 19.1 Å². The zero-order valence-corrected chi connectivity index (χ0v) is 13.1. The topological polar surface area (TPSA) is 62.2 Å². The normalized spacial score (nSPS) is 12.0. The molecule has 6 heteroatoms. The summed E-state index contributed by atoms with van der Waals surface area (Å²) in [4.78, 5) is 15.3. The number of halogens is 2. The van der Waals surface area contributed by atoms with E-state index in [1.165, 1.54) is 18.3 Å². The summed E-state index contributed by atoms with van der Waals surface area (Å²) in [6, 6.07) is 6.13. The molecule has 0 saturated heterocycles. The number of aromatic carboxylic acids is 1. The van der Waals surface area contributed by atoms with Gasteiger partial charge in [0.15, 0.2) is 0 Å². The number of hydrogen-bond donors (Lipinski definition) is 2. The Labute approximate surface area is 130 Å². The van der Waals surface area contributed by atoms with Crippen LogP contribution in [0.15, 0.2) is 34.9 Å². The van der Waals surface area contributed by atoms with Crippen LogP contribution in [0.25, 0.3) is 0 Å². The Bertz CT molecular complexity index is 691. The molecule has 1 heterocycles. The Balaban J connectivity index is 2.29. The number of carboxylic acids is 1. The van der Waals surface area contributed by atoms with Crippen molar-refractivity contribution in [2.24, 2.45) is 0 Å². The quantitative estimate of drug-likeness (QED) is 0.866. The van der Waals surface area contributed by atoms with Gasteiger partial charge in [0.1, 0.15) is 17.2 Å². The Morgan fingerprint density at radius 2 is 2.14 bits per heavy atom. The summed E-state index contributed by atoms with van der Waals surface area (Å²) >= 11 is 3.19. The Morgan fingerprint density at radius 3 is 2.76 bits per heavy atom. The van der Waals surface area contributed by atoms with Gasteiger partial charge < -0.3 is 10.4 Å². The summed E-state index contributed by atoms with van der Waals surface area (Å²) in [6.45, 7) is 3.51. The molecule has 0 bridgehead atoms. The molecular weight excluding hydrogens is 339 g/mol. The summed E-state index contributed by atoms with van der Waals surface area (Å²) in [6.07, 6.45) is 1.51. The van der Waals surface area contributed by atoms with E-state index in [1.807, 2.05) is 6.92 Å². The molecular formula is C15H14BrFN2O2. The minimum absolute atomic E-state index is 0.0591. The molecule has 1 unspecified atom stereocenters. The molecule has 0 amide bonds. The van der Waals surface area contributed by atoms with Crippen molar-refractivity contribution in [3.63, 3.8) is 0 Å². The van der Waals surface area contributed by atoms with Crippen molar-refractivity contribution >= 4 is 27.7 Å². The lowest BCUT2D eigenvalue weighted by Gasteiger charge is -2.17. The molecule has 2 aromatic rings. The maximum atomic E-state index is 13.6. The van der Waals surface area contributed by atoms with Crippen LogP contribution in [0.1, 0.15) is 34.5 Å². The number of aromatic nitrogens is 1. The number of pyridine rings is 1. The Kier molecular flexibility index (Phi) is 4.57. The third kappa shape index (κ3) is 3.58. The van der Waals surface area contributed by atoms with Gasteiger partial charge in [-0.15, -0.1) is 0 Å². The average molecular weight is 353 g/mol. The summed E-state index contributed by atoms with van der Waals surface area (Å²) in [5.41, 5.74) is 1.35. The maximum absolute atomic E-state index is 13.6. The van der Waals surface area contributed by atoms with Crippen LogP contribution in [0.4, 0.5) is 10.2 Å². The van der Waals surface area contributed by atoms with E-state index in [2.05, 4.69) is 26.2 Å². The number of nitrogens with one attached hydrogen (secondary N) is 1. The molecule has 0 fully saturated rings. The molecule has 0 saturated carbocycles. The zero-order valence-electron chi connectivity index (χ0n) is 11.5. The second-order valence-electron chi connectivity index (χ2n) is 4.73. The van der Waals surface area contributed by atoms with Crippen LogP contribution in [0.5, 0.6) is 0 Å². The number of nitrogens with zero attached hydrogens (tertiary/aromatic N) is 1. The lowest BCUT2D eigenvalue weighted by molar-refractivity contribution is 0.0697. The highest BCUT2D eigenvalue weighted by Crippen LogP contribution is 2.24. The van der Waals surface area contributed by atoms with Crippen LogP contribution < -0.4 is 5.32 Å². The number of hydrogen-bond acceptors (Lipinski definition) is 3. The van der Waals surface area contributed by atoms with Crippen molar-refractivity contribution in [1.29, 1.82) is 0 Å². The molecule has 21 heavy (non-hydrogen) atoms. The van der Waals surface area contributed by atoms with E-state index >= 15 is 0 Å². The van der Waals surface area contributed by atoms with Crippen molar-refractivity contribution in [1.82, 2.24) is 4.98 Å². The number of aryl methyl sites for hydroxylation is 1. The number of rotatable bonds is 4. The fourth-order valence-electron chi connectivity index (χ4n) is 1.88. The lowest BCUT2D eigenvalue weighted by Crippen LogP contribution is -2.12. The van der Waals surface area contributed by atoms with E-state index in [4.69, 9.17) is 0 Å². The van der Waals surface area contributed by atoms with Crippen LogP contribution >= 0.6 is 15.9 Å². The number of anilines is 1. The highest BCUT2D eigenvalue weighted by molar-refractivity contribution is 9.10. The van der Waals surface area contributed by atoms with Crippen LogP contribution in [-0.4, -0.2) is 16.1 Å². The Morgan fingerprint density at radius 1 is 1.43 bits per heavy atom. The van der Waals surface area contributed by atoms with Gasteiger partial charge in [0.2, 0.25) is 0 Å². The first kappa shape index (κ1) is 15.4. The van der Waals surface area contributed by atoms with E-state index in [0.717, 1.165) is 5.56 Å². The predicted octanol–water partition coefficient (Wildman–Crippen LogP) is 4.16. The van der Waals surface area contributed by atoms with E-state index in [-0.39, 0.29) is 23.2 Å². The van der Waals surface area contributed by atoms with E-state index < -0.39 is 5.97 Å². The van der Waals surface area contributed by atoms with E-state index in [9.17, 15) is 14.3 Å². The highest BCUT2D eigenvalue weighted by atomic mass is 79.9. The lowest BCUT2D eigenvalue weighted by atomic mass is 10.1. The second kappa shape index (κ2) is 6.22. The monoisotopic (exact) mass is 352 g/mol. The van der Waals surface area contributed by atoms with Gasteiger partial charge in [-0.2, -0.15) is 0 Å². The first-order valence-electron chi connectivity index (χ1n) is 6.30. The third-order valence-electron chi connectivity index (χ3n) is 3.13. The minimum atomic E-state index is -1.08. The van der Waals surface area contributed by atoms with Gasteiger partial charge in [0.25, 0.3) is 0 Å². The summed E-state index contributed by atoms with van der Waals surface area (Å²) in [5.74, 6) is -1.11. The maximum Gasteiger partial charge on any atom is 0.339 e. The molecule has 0 aliphatic rings. The van der Waals surface area contributed by atoms with Gasteiger partial charge in [-0.05, 0) is 53.0 Å². The fourth-order valence-corrected chi connectivity index (χ4v) is 2.22. The van der Waals surface area contributed by atoms with Gasteiger partial charge in [-0.25, -0.2) is 14.2 Å². The number of carboxylic acid groups (broad SMARTS) is 1. The third-order valence-corrected chi connectivity index (χ3v) is 3.57. The predicted molar refractivity (Wildman–Crippen MR) is 82.1 cm³/mol. The standard InChI is InChI=1S/C15H14BrFN2O2/c1-8-3-4-10(5-13(8)17)9(2)19-14-12(15(20)21)6-11(16)7-18-14/h3-7,9H,1-2H3,(H,18,19)(H,20,21). The molecule has 2 rings (SSSR count). The van der Waals surface area contributed by atoms with Gasteiger partial charge >= 0.3 is 5.97 Å². The smallest absolute Gasteiger partial charge is 0.339 e. The van der Waals surface area contributed by atoms with Crippen molar-refractivity contribution in [2.45, 2.75) is 19.9 Å². The fraction of sp³-hybridized carbons (Fsp3) is 0.200. The second-order valence-corrected chi connectivity index (χ2v) is 5.65. The Hall–Kier alpha value is -1.95. The molecule has 0 radical (unpaired) electrons. The summed E-state index contributed by atoms with van der Waals surface area (Å²) in [7, 11) is 0. The van der Waals surface area contributed by atoms with Crippen molar-refractivity contribution in [3.8, 4) is 0 Å².